The maximum atomic E-state index is 14.3. The summed E-state index contributed by atoms with van der Waals surface area (Å²) in [6.45, 7) is 1.95. The molecule has 2 aliphatic rings. The average Bonchev–Trinajstić information content (AvgIpc) is 3.54. The molecule has 2 unspecified atom stereocenters. The minimum Gasteiger partial charge on any atom is -0.356 e. The van der Waals surface area contributed by atoms with Crippen LogP contribution in [0.15, 0.2) is 103 Å². The lowest BCUT2D eigenvalue weighted by Crippen LogP contribution is -2.44. The molecule has 0 radical (unpaired) electrons. The van der Waals surface area contributed by atoms with Gasteiger partial charge in [-0.3, -0.25) is 14.5 Å². The van der Waals surface area contributed by atoms with E-state index in [1.807, 2.05) is 49.4 Å². The lowest BCUT2D eigenvalue weighted by Gasteiger charge is -2.36. The van der Waals surface area contributed by atoms with Crippen molar-refractivity contribution in [2.24, 2.45) is 0 Å². The standard InChI is InChI=1S/C36H31FN4O3/c1-22(15-16-23-9-3-2-4-10-23)38-34(42)27-12-6-8-14-30(27)41-35(43)31-21-28-26-11-5-7-13-29(26)39-32(28)33(40(31)36(41)44)24-17-19-25(37)20-18-24/h2-14,17-20,22,31,33,39H,15-16,21H2,1H3,(H,38,42)/t22?,31-,33?/m0/s1. The summed E-state index contributed by atoms with van der Waals surface area (Å²) in [5.74, 6) is -1.13. The van der Waals surface area contributed by atoms with Crippen LogP contribution in [0.3, 0.4) is 0 Å². The van der Waals surface area contributed by atoms with E-state index in [2.05, 4.69) is 22.4 Å². The number of rotatable bonds is 7. The van der Waals surface area contributed by atoms with E-state index in [9.17, 15) is 18.8 Å². The highest BCUT2D eigenvalue weighted by Gasteiger charge is 2.53. The maximum absolute atomic E-state index is 14.3. The number of nitrogens with zero attached hydrogens (tertiary/aromatic N) is 2. The Morgan fingerprint density at radius 2 is 1.64 bits per heavy atom. The third-order valence-electron chi connectivity index (χ3n) is 8.71. The molecule has 4 aromatic carbocycles. The zero-order chi connectivity index (χ0) is 30.4. The molecule has 0 aliphatic carbocycles. The summed E-state index contributed by atoms with van der Waals surface area (Å²) in [7, 11) is 0. The monoisotopic (exact) mass is 586 g/mol. The van der Waals surface area contributed by atoms with Gasteiger partial charge in [0.1, 0.15) is 17.9 Å². The smallest absolute Gasteiger partial charge is 0.332 e. The molecule has 7 rings (SSSR count). The van der Waals surface area contributed by atoms with Crippen LogP contribution in [0.4, 0.5) is 14.9 Å². The van der Waals surface area contributed by atoms with Crippen molar-refractivity contribution in [1.82, 2.24) is 15.2 Å². The third-order valence-corrected chi connectivity index (χ3v) is 8.71. The van der Waals surface area contributed by atoms with E-state index in [1.54, 1.807) is 41.3 Å². The van der Waals surface area contributed by atoms with Crippen molar-refractivity contribution in [2.45, 2.75) is 44.3 Å². The number of anilines is 1. The third kappa shape index (κ3) is 4.72. The largest absolute Gasteiger partial charge is 0.356 e. The van der Waals surface area contributed by atoms with Gasteiger partial charge in [-0.15, -0.1) is 0 Å². The summed E-state index contributed by atoms with van der Waals surface area (Å²) in [6, 6.07) is 28.6. The zero-order valence-corrected chi connectivity index (χ0v) is 24.2. The first kappa shape index (κ1) is 27.6. The fraction of sp³-hybridized carbons (Fsp3) is 0.194. The number of para-hydroxylation sites is 2. The highest BCUT2D eigenvalue weighted by molar-refractivity contribution is 6.24. The van der Waals surface area contributed by atoms with E-state index in [0.717, 1.165) is 39.9 Å². The number of aryl methyl sites for hydroxylation is 1. The number of fused-ring (bicyclic) bond motifs is 4. The lowest BCUT2D eigenvalue weighted by molar-refractivity contribution is -0.120. The molecular weight excluding hydrogens is 555 g/mol. The van der Waals surface area contributed by atoms with E-state index in [4.69, 9.17) is 0 Å². The lowest BCUT2D eigenvalue weighted by atomic mass is 9.89. The summed E-state index contributed by atoms with van der Waals surface area (Å²) in [5, 5.41) is 4.03. The molecule has 8 heteroatoms. The van der Waals surface area contributed by atoms with Crippen molar-refractivity contribution in [3.8, 4) is 0 Å². The van der Waals surface area contributed by atoms with Crippen molar-refractivity contribution < 1.29 is 18.8 Å². The van der Waals surface area contributed by atoms with Crippen LogP contribution in [-0.2, 0) is 17.6 Å². The van der Waals surface area contributed by atoms with Gasteiger partial charge < -0.3 is 10.3 Å². The SMILES string of the molecule is CC(CCc1ccccc1)NC(=O)c1ccccc1N1C(=O)[C@@H]2Cc3c([nH]c4ccccc34)C(c3ccc(F)cc3)N2C1=O. The second-order valence-corrected chi connectivity index (χ2v) is 11.5. The number of hydrogen-bond donors (Lipinski definition) is 2. The molecule has 3 atom stereocenters. The Bertz CT molecular complexity index is 1890. The first-order valence-corrected chi connectivity index (χ1v) is 14.9. The quantitative estimate of drug-likeness (QED) is 0.212. The molecule has 0 bridgehead atoms. The molecule has 2 N–H and O–H groups in total. The van der Waals surface area contributed by atoms with Gasteiger partial charge in [0, 0.05) is 29.1 Å². The van der Waals surface area contributed by atoms with Crippen LogP contribution in [0, 0.1) is 5.82 Å². The van der Waals surface area contributed by atoms with Gasteiger partial charge in [0.05, 0.1) is 11.3 Å². The number of H-pyrrole nitrogens is 1. The predicted molar refractivity (Wildman–Crippen MR) is 167 cm³/mol. The molecule has 7 nitrogen and oxygen atoms in total. The Hall–Kier alpha value is -5.24. The van der Waals surface area contributed by atoms with Gasteiger partial charge in [-0.05, 0) is 66.8 Å². The molecule has 3 heterocycles. The van der Waals surface area contributed by atoms with Crippen LogP contribution in [0.2, 0.25) is 0 Å². The van der Waals surface area contributed by atoms with Crippen LogP contribution in [0.5, 0.6) is 0 Å². The molecule has 0 saturated carbocycles. The number of aromatic nitrogens is 1. The van der Waals surface area contributed by atoms with Gasteiger partial charge in [0.15, 0.2) is 0 Å². The number of halogens is 1. The Labute approximate surface area is 254 Å². The van der Waals surface area contributed by atoms with Gasteiger partial charge in [-0.1, -0.05) is 72.8 Å². The molecule has 0 spiro atoms. The fourth-order valence-electron chi connectivity index (χ4n) is 6.55. The van der Waals surface area contributed by atoms with Crippen LogP contribution in [0.25, 0.3) is 10.9 Å². The van der Waals surface area contributed by atoms with E-state index in [-0.39, 0.29) is 29.0 Å². The molecule has 220 valence electrons. The Morgan fingerprint density at radius 3 is 2.43 bits per heavy atom. The summed E-state index contributed by atoms with van der Waals surface area (Å²) >= 11 is 0. The van der Waals surface area contributed by atoms with Crippen LogP contribution >= 0.6 is 0 Å². The Balaban J connectivity index is 1.22. The van der Waals surface area contributed by atoms with E-state index in [1.165, 1.54) is 17.7 Å². The number of benzene rings is 4. The fourth-order valence-corrected chi connectivity index (χ4v) is 6.55. The zero-order valence-electron chi connectivity index (χ0n) is 24.2. The van der Waals surface area contributed by atoms with E-state index < -0.39 is 24.0 Å². The molecule has 5 aromatic rings. The topological polar surface area (TPSA) is 85.5 Å². The number of aromatic amines is 1. The Morgan fingerprint density at radius 1 is 0.932 bits per heavy atom. The number of nitrogens with one attached hydrogen (secondary N) is 2. The van der Waals surface area contributed by atoms with E-state index >= 15 is 0 Å². The van der Waals surface area contributed by atoms with Crippen molar-refractivity contribution in [2.75, 3.05) is 4.90 Å². The highest BCUT2D eigenvalue weighted by Crippen LogP contribution is 2.45. The molecule has 1 fully saturated rings. The molecule has 4 amide bonds. The molecule has 1 saturated heterocycles. The van der Waals surface area contributed by atoms with Gasteiger partial charge in [-0.2, -0.15) is 0 Å². The summed E-state index contributed by atoms with van der Waals surface area (Å²) in [6.07, 6.45) is 1.87. The number of urea groups is 1. The van der Waals surface area contributed by atoms with Crippen molar-refractivity contribution >= 4 is 34.4 Å². The minimum absolute atomic E-state index is 0.131. The summed E-state index contributed by atoms with van der Waals surface area (Å²) < 4.78 is 14.0. The maximum Gasteiger partial charge on any atom is 0.332 e. The summed E-state index contributed by atoms with van der Waals surface area (Å²) in [4.78, 5) is 48.2. The van der Waals surface area contributed by atoms with Gasteiger partial charge in [0.25, 0.3) is 11.8 Å². The second kappa shape index (κ2) is 11.1. The molecule has 1 aromatic heterocycles. The first-order chi connectivity index (χ1) is 21.4. The predicted octanol–water partition coefficient (Wildman–Crippen LogP) is 6.54. The van der Waals surface area contributed by atoms with Gasteiger partial charge in [0.2, 0.25) is 0 Å². The number of hydrogen-bond acceptors (Lipinski definition) is 3. The van der Waals surface area contributed by atoms with Crippen molar-refractivity contribution in [3.05, 3.63) is 137 Å². The normalized spacial score (nSPS) is 18.3. The molecule has 44 heavy (non-hydrogen) atoms. The van der Waals surface area contributed by atoms with Crippen molar-refractivity contribution in [3.63, 3.8) is 0 Å². The highest BCUT2D eigenvalue weighted by atomic mass is 19.1. The number of carbonyl (C=O) groups excluding carboxylic acids is 3. The van der Waals surface area contributed by atoms with Gasteiger partial charge >= 0.3 is 6.03 Å². The average molecular weight is 587 g/mol. The van der Waals surface area contributed by atoms with Crippen LogP contribution in [-0.4, -0.2) is 39.8 Å². The Kier molecular flexibility index (Phi) is 6.97. The first-order valence-electron chi connectivity index (χ1n) is 14.9. The number of amides is 4. The molecule has 2 aliphatic heterocycles. The van der Waals surface area contributed by atoms with Gasteiger partial charge in [-0.25, -0.2) is 14.1 Å². The van der Waals surface area contributed by atoms with E-state index in [0.29, 0.717) is 12.0 Å². The number of imide groups is 1. The summed E-state index contributed by atoms with van der Waals surface area (Å²) in [5.41, 5.74) is 5.04. The minimum atomic E-state index is -0.787. The molecular formula is C36H31FN4O3. The van der Waals surface area contributed by atoms with Crippen LogP contribution < -0.4 is 10.2 Å². The number of carbonyl (C=O) groups is 3. The van der Waals surface area contributed by atoms with Crippen LogP contribution in [0.1, 0.15) is 52.1 Å². The van der Waals surface area contributed by atoms with Crippen molar-refractivity contribution in [1.29, 1.82) is 0 Å². The second-order valence-electron chi connectivity index (χ2n) is 11.5.